The Balaban J connectivity index is 1.96. The Labute approximate surface area is 109 Å². The summed E-state index contributed by atoms with van der Waals surface area (Å²) in [5.41, 5.74) is 7.45. The van der Waals surface area contributed by atoms with Crippen LogP contribution in [0.4, 0.5) is 0 Å². The first-order valence-electron chi connectivity index (χ1n) is 5.45. The molecule has 0 amide bonds. The van der Waals surface area contributed by atoms with E-state index in [1.165, 1.54) is 5.56 Å². The highest BCUT2D eigenvalue weighted by Gasteiger charge is 2.22. The molecule has 2 nitrogen and oxygen atoms in total. The number of ether oxygens (including phenoxy) is 1. The first-order chi connectivity index (χ1) is 7.77. The van der Waals surface area contributed by atoms with Crippen LogP contribution in [0.15, 0.2) is 28.7 Å². The SMILES string of the molecule is NC(Cc1ccccc1Br)C1CSCCO1. The zero-order chi connectivity index (χ0) is 11.4. The maximum absolute atomic E-state index is 6.19. The van der Waals surface area contributed by atoms with Gasteiger partial charge in [0, 0.05) is 22.0 Å². The Hall–Kier alpha value is -0.0300. The van der Waals surface area contributed by atoms with Gasteiger partial charge in [-0.1, -0.05) is 34.1 Å². The summed E-state index contributed by atoms with van der Waals surface area (Å²) in [7, 11) is 0. The van der Waals surface area contributed by atoms with Gasteiger partial charge in [0.1, 0.15) is 0 Å². The van der Waals surface area contributed by atoms with Gasteiger partial charge in [-0.05, 0) is 18.1 Å². The van der Waals surface area contributed by atoms with Crippen LogP contribution in [0.2, 0.25) is 0 Å². The normalized spacial score (nSPS) is 23.0. The topological polar surface area (TPSA) is 35.2 Å². The number of rotatable bonds is 3. The van der Waals surface area contributed by atoms with Gasteiger partial charge in [-0.2, -0.15) is 11.8 Å². The van der Waals surface area contributed by atoms with Gasteiger partial charge in [0.2, 0.25) is 0 Å². The van der Waals surface area contributed by atoms with E-state index in [0.717, 1.165) is 29.0 Å². The van der Waals surface area contributed by atoms with E-state index in [2.05, 4.69) is 28.1 Å². The molecule has 2 atom stereocenters. The van der Waals surface area contributed by atoms with Gasteiger partial charge < -0.3 is 10.5 Å². The lowest BCUT2D eigenvalue weighted by atomic mass is 10.0. The van der Waals surface area contributed by atoms with Crippen LogP contribution < -0.4 is 5.73 Å². The summed E-state index contributed by atoms with van der Waals surface area (Å²) in [6, 6.07) is 8.32. The average Bonchev–Trinajstić information content (AvgIpc) is 2.33. The molecule has 0 spiro atoms. The van der Waals surface area contributed by atoms with E-state index in [0.29, 0.717) is 0 Å². The molecule has 1 fully saturated rings. The molecular formula is C12H16BrNOS. The fourth-order valence-corrected chi connectivity index (χ4v) is 3.21. The first-order valence-corrected chi connectivity index (χ1v) is 7.40. The van der Waals surface area contributed by atoms with Crippen molar-refractivity contribution >= 4 is 27.7 Å². The Bertz CT molecular complexity index is 342. The van der Waals surface area contributed by atoms with E-state index >= 15 is 0 Å². The molecule has 0 aromatic heterocycles. The highest BCUT2D eigenvalue weighted by molar-refractivity contribution is 9.10. The van der Waals surface area contributed by atoms with Crippen molar-refractivity contribution < 1.29 is 4.74 Å². The predicted molar refractivity (Wildman–Crippen MR) is 72.9 cm³/mol. The number of hydrogen-bond acceptors (Lipinski definition) is 3. The maximum Gasteiger partial charge on any atom is 0.0819 e. The number of thioether (sulfide) groups is 1. The molecule has 2 unspecified atom stereocenters. The number of hydrogen-bond donors (Lipinski definition) is 1. The van der Waals surface area contributed by atoms with Crippen molar-refractivity contribution in [3.05, 3.63) is 34.3 Å². The summed E-state index contributed by atoms with van der Waals surface area (Å²) in [5, 5.41) is 0. The standard InChI is InChI=1S/C12H16BrNOS/c13-10-4-2-1-3-9(10)7-11(14)12-8-16-6-5-15-12/h1-4,11-12H,5-8,14H2. The summed E-state index contributed by atoms with van der Waals surface area (Å²) in [4.78, 5) is 0. The Morgan fingerprint density at radius 1 is 1.50 bits per heavy atom. The third-order valence-corrected chi connectivity index (χ3v) is 4.53. The van der Waals surface area contributed by atoms with Crippen molar-refractivity contribution in [2.24, 2.45) is 5.73 Å². The zero-order valence-electron chi connectivity index (χ0n) is 9.06. The van der Waals surface area contributed by atoms with Crippen molar-refractivity contribution in [1.29, 1.82) is 0 Å². The number of benzene rings is 1. The smallest absolute Gasteiger partial charge is 0.0819 e. The second-order valence-electron chi connectivity index (χ2n) is 3.94. The van der Waals surface area contributed by atoms with Crippen molar-refractivity contribution in [2.45, 2.75) is 18.6 Å². The van der Waals surface area contributed by atoms with E-state index in [-0.39, 0.29) is 12.1 Å². The molecule has 4 heteroatoms. The molecule has 1 saturated heterocycles. The van der Waals surface area contributed by atoms with Crippen molar-refractivity contribution in [3.63, 3.8) is 0 Å². The largest absolute Gasteiger partial charge is 0.375 e. The van der Waals surface area contributed by atoms with Gasteiger partial charge >= 0.3 is 0 Å². The maximum atomic E-state index is 6.19. The third-order valence-electron chi connectivity index (χ3n) is 2.73. The molecule has 1 aromatic rings. The van der Waals surface area contributed by atoms with Crippen LogP contribution in [0, 0.1) is 0 Å². The summed E-state index contributed by atoms with van der Waals surface area (Å²) in [5.74, 6) is 2.11. The number of halogens is 1. The highest BCUT2D eigenvalue weighted by atomic mass is 79.9. The Morgan fingerprint density at radius 3 is 3.00 bits per heavy atom. The average molecular weight is 302 g/mol. The molecule has 0 aliphatic carbocycles. The third kappa shape index (κ3) is 3.23. The molecule has 1 aliphatic rings. The van der Waals surface area contributed by atoms with Gasteiger partial charge in [0.15, 0.2) is 0 Å². The minimum absolute atomic E-state index is 0.0894. The molecule has 88 valence electrons. The molecule has 2 rings (SSSR count). The molecule has 0 bridgehead atoms. The molecule has 1 heterocycles. The van der Waals surface area contributed by atoms with Crippen molar-refractivity contribution in [1.82, 2.24) is 0 Å². The molecular weight excluding hydrogens is 286 g/mol. The van der Waals surface area contributed by atoms with Crippen molar-refractivity contribution in [2.75, 3.05) is 18.1 Å². The van der Waals surface area contributed by atoms with Crippen LogP contribution in [0.5, 0.6) is 0 Å². The minimum Gasteiger partial charge on any atom is -0.375 e. The van der Waals surface area contributed by atoms with Crippen molar-refractivity contribution in [3.8, 4) is 0 Å². The Morgan fingerprint density at radius 2 is 2.31 bits per heavy atom. The number of nitrogens with two attached hydrogens (primary N) is 1. The van der Waals surface area contributed by atoms with Gasteiger partial charge in [-0.25, -0.2) is 0 Å². The molecule has 16 heavy (non-hydrogen) atoms. The summed E-state index contributed by atoms with van der Waals surface area (Å²) in [6.45, 7) is 0.832. The van der Waals surface area contributed by atoms with Crippen LogP contribution in [0.25, 0.3) is 0 Å². The second-order valence-corrected chi connectivity index (χ2v) is 5.95. The van der Waals surface area contributed by atoms with Gasteiger partial charge in [0.05, 0.1) is 12.7 Å². The fourth-order valence-electron chi connectivity index (χ4n) is 1.80. The lowest BCUT2D eigenvalue weighted by molar-refractivity contribution is 0.0571. The molecule has 1 aliphatic heterocycles. The van der Waals surface area contributed by atoms with E-state index in [4.69, 9.17) is 10.5 Å². The van der Waals surface area contributed by atoms with E-state index in [1.807, 2.05) is 23.9 Å². The van der Waals surface area contributed by atoms with E-state index in [1.54, 1.807) is 0 Å². The van der Waals surface area contributed by atoms with Crippen LogP contribution in [-0.2, 0) is 11.2 Å². The predicted octanol–water partition coefficient (Wildman–Crippen LogP) is 2.45. The van der Waals surface area contributed by atoms with E-state index in [9.17, 15) is 0 Å². The fraction of sp³-hybridized carbons (Fsp3) is 0.500. The molecule has 0 radical (unpaired) electrons. The quantitative estimate of drug-likeness (QED) is 0.931. The van der Waals surface area contributed by atoms with Crippen LogP contribution in [0.1, 0.15) is 5.56 Å². The lowest BCUT2D eigenvalue weighted by Gasteiger charge is -2.27. The van der Waals surface area contributed by atoms with Crippen LogP contribution >= 0.6 is 27.7 Å². The summed E-state index contributed by atoms with van der Waals surface area (Å²) >= 11 is 5.48. The summed E-state index contributed by atoms with van der Waals surface area (Å²) in [6.07, 6.45) is 1.07. The molecule has 1 aromatic carbocycles. The monoisotopic (exact) mass is 301 g/mol. The second kappa shape index (κ2) is 6.05. The van der Waals surface area contributed by atoms with Gasteiger partial charge in [-0.3, -0.25) is 0 Å². The van der Waals surface area contributed by atoms with Crippen LogP contribution in [-0.4, -0.2) is 30.3 Å². The zero-order valence-corrected chi connectivity index (χ0v) is 11.5. The molecule has 0 saturated carbocycles. The summed E-state index contributed by atoms with van der Waals surface area (Å²) < 4.78 is 6.82. The lowest BCUT2D eigenvalue weighted by Crippen LogP contribution is -2.42. The minimum atomic E-state index is 0.0894. The highest BCUT2D eigenvalue weighted by Crippen LogP contribution is 2.21. The van der Waals surface area contributed by atoms with Gasteiger partial charge in [-0.15, -0.1) is 0 Å². The van der Waals surface area contributed by atoms with Crippen LogP contribution in [0.3, 0.4) is 0 Å². The Kier molecular flexibility index (Phi) is 4.70. The molecule has 2 N–H and O–H groups in total. The van der Waals surface area contributed by atoms with E-state index < -0.39 is 0 Å². The first kappa shape index (κ1) is 12.4. The van der Waals surface area contributed by atoms with Gasteiger partial charge in [0.25, 0.3) is 0 Å².